The first-order chi connectivity index (χ1) is 7.15. The number of rotatable bonds is 5. The molecule has 1 amide bonds. The van der Waals surface area contributed by atoms with Gasteiger partial charge in [0.1, 0.15) is 5.76 Å². The third-order valence-corrected chi connectivity index (χ3v) is 2.36. The number of hydrogen-bond acceptors (Lipinski definition) is 3. The van der Waals surface area contributed by atoms with Crippen molar-refractivity contribution in [1.82, 2.24) is 5.32 Å². The fourth-order valence-electron chi connectivity index (χ4n) is 1.31. The van der Waals surface area contributed by atoms with Gasteiger partial charge in [0.2, 0.25) is 5.91 Å². The molecule has 1 atom stereocenters. The van der Waals surface area contributed by atoms with E-state index in [1.807, 2.05) is 13.8 Å². The first kappa shape index (κ1) is 11.8. The Hall–Kier alpha value is -1.29. The number of carbonyl (C=O) groups is 1. The molecule has 1 rings (SSSR count). The van der Waals surface area contributed by atoms with E-state index in [4.69, 9.17) is 9.52 Å². The summed E-state index contributed by atoms with van der Waals surface area (Å²) >= 11 is 0. The Labute approximate surface area is 89.3 Å². The van der Waals surface area contributed by atoms with Gasteiger partial charge in [-0.25, -0.2) is 0 Å². The zero-order valence-corrected chi connectivity index (χ0v) is 9.06. The molecular formula is C11H17NO3. The quantitative estimate of drug-likeness (QED) is 0.768. The van der Waals surface area contributed by atoms with Crippen LogP contribution in [0.25, 0.3) is 0 Å². The molecule has 0 fully saturated rings. The molecule has 0 aliphatic carbocycles. The Morgan fingerprint density at radius 2 is 2.33 bits per heavy atom. The van der Waals surface area contributed by atoms with Gasteiger partial charge in [-0.05, 0) is 18.1 Å². The highest BCUT2D eigenvalue weighted by atomic mass is 16.3. The zero-order chi connectivity index (χ0) is 11.3. The van der Waals surface area contributed by atoms with E-state index in [1.165, 1.54) is 0 Å². The van der Waals surface area contributed by atoms with Gasteiger partial charge in [-0.2, -0.15) is 0 Å². The van der Waals surface area contributed by atoms with Crippen molar-refractivity contribution in [3.05, 3.63) is 24.2 Å². The smallest absolute Gasteiger partial charge is 0.226 e. The zero-order valence-electron chi connectivity index (χ0n) is 9.06. The summed E-state index contributed by atoms with van der Waals surface area (Å²) < 4.78 is 5.08. The molecule has 0 aliphatic rings. The maximum atomic E-state index is 11.6. The molecule has 4 nitrogen and oxygen atoms in total. The molecule has 1 aromatic rings. The SMILES string of the molecule is CC(C)C(CO)C(=O)NCc1ccco1. The highest BCUT2D eigenvalue weighted by Gasteiger charge is 2.20. The van der Waals surface area contributed by atoms with Crippen molar-refractivity contribution >= 4 is 5.91 Å². The van der Waals surface area contributed by atoms with Crippen LogP contribution in [0, 0.1) is 11.8 Å². The van der Waals surface area contributed by atoms with Crippen molar-refractivity contribution in [2.75, 3.05) is 6.61 Å². The van der Waals surface area contributed by atoms with E-state index in [2.05, 4.69) is 5.32 Å². The second kappa shape index (κ2) is 5.56. The van der Waals surface area contributed by atoms with E-state index >= 15 is 0 Å². The summed E-state index contributed by atoms with van der Waals surface area (Å²) in [4.78, 5) is 11.6. The molecule has 2 N–H and O–H groups in total. The van der Waals surface area contributed by atoms with E-state index < -0.39 is 0 Å². The number of nitrogens with one attached hydrogen (secondary N) is 1. The lowest BCUT2D eigenvalue weighted by atomic mass is 9.96. The number of hydrogen-bond donors (Lipinski definition) is 2. The van der Waals surface area contributed by atoms with Gasteiger partial charge in [-0.1, -0.05) is 13.8 Å². The van der Waals surface area contributed by atoms with Crippen molar-refractivity contribution in [2.45, 2.75) is 20.4 Å². The maximum Gasteiger partial charge on any atom is 0.226 e. The summed E-state index contributed by atoms with van der Waals surface area (Å²) in [6, 6.07) is 3.57. The normalized spacial score (nSPS) is 12.8. The summed E-state index contributed by atoms with van der Waals surface area (Å²) in [5.41, 5.74) is 0. The third kappa shape index (κ3) is 3.40. The molecule has 84 valence electrons. The number of amides is 1. The van der Waals surface area contributed by atoms with E-state index in [-0.39, 0.29) is 24.3 Å². The standard InChI is InChI=1S/C11H17NO3/c1-8(2)10(7-13)11(14)12-6-9-4-3-5-15-9/h3-5,8,10,13H,6-7H2,1-2H3,(H,12,14). The minimum absolute atomic E-state index is 0.123. The second-order valence-corrected chi connectivity index (χ2v) is 3.83. The van der Waals surface area contributed by atoms with Gasteiger partial charge in [0.15, 0.2) is 0 Å². The van der Waals surface area contributed by atoms with Gasteiger partial charge in [-0.3, -0.25) is 4.79 Å². The molecule has 0 bridgehead atoms. The van der Waals surface area contributed by atoms with Crippen LogP contribution in [0.2, 0.25) is 0 Å². The lowest BCUT2D eigenvalue weighted by Crippen LogP contribution is -2.35. The minimum Gasteiger partial charge on any atom is -0.467 e. The van der Waals surface area contributed by atoms with Crippen molar-refractivity contribution in [1.29, 1.82) is 0 Å². The van der Waals surface area contributed by atoms with Crippen LogP contribution in [0.5, 0.6) is 0 Å². The largest absolute Gasteiger partial charge is 0.467 e. The first-order valence-corrected chi connectivity index (χ1v) is 5.06. The summed E-state index contributed by atoms with van der Waals surface area (Å²) in [5.74, 6) is 0.360. The van der Waals surface area contributed by atoms with Crippen LogP contribution in [-0.4, -0.2) is 17.6 Å². The predicted octanol–water partition coefficient (Wildman–Crippen LogP) is 1.16. The average Bonchev–Trinajstić information content (AvgIpc) is 2.67. The van der Waals surface area contributed by atoms with E-state index in [0.717, 1.165) is 0 Å². The van der Waals surface area contributed by atoms with Gasteiger partial charge in [0, 0.05) is 0 Å². The molecular weight excluding hydrogens is 194 g/mol. The van der Waals surface area contributed by atoms with Gasteiger partial charge >= 0.3 is 0 Å². The second-order valence-electron chi connectivity index (χ2n) is 3.83. The predicted molar refractivity (Wildman–Crippen MR) is 56.0 cm³/mol. The molecule has 1 aromatic heterocycles. The van der Waals surface area contributed by atoms with Crippen molar-refractivity contribution < 1.29 is 14.3 Å². The summed E-state index contributed by atoms with van der Waals surface area (Å²) in [6.07, 6.45) is 1.56. The van der Waals surface area contributed by atoms with Crippen molar-refractivity contribution in [3.8, 4) is 0 Å². The topological polar surface area (TPSA) is 62.5 Å². The maximum absolute atomic E-state index is 11.6. The highest BCUT2D eigenvalue weighted by Crippen LogP contribution is 2.10. The van der Waals surface area contributed by atoms with Crippen LogP contribution in [0.3, 0.4) is 0 Å². The molecule has 0 spiro atoms. The molecule has 0 aliphatic heterocycles. The average molecular weight is 211 g/mol. The highest BCUT2D eigenvalue weighted by molar-refractivity contribution is 5.78. The third-order valence-electron chi connectivity index (χ3n) is 2.36. The number of carbonyl (C=O) groups excluding carboxylic acids is 1. The molecule has 0 radical (unpaired) electrons. The Balaban J connectivity index is 2.41. The number of aliphatic hydroxyl groups is 1. The monoisotopic (exact) mass is 211 g/mol. The molecule has 0 saturated heterocycles. The van der Waals surface area contributed by atoms with Crippen LogP contribution in [0.15, 0.2) is 22.8 Å². The Kier molecular flexibility index (Phi) is 4.37. The Morgan fingerprint density at radius 3 is 2.80 bits per heavy atom. The Bertz CT molecular complexity index is 293. The van der Waals surface area contributed by atoms with Crippen LogP contribution < -0.4 is 5.32 Å². The van der Waals surface area contributed by atoms with E-state index in [0.29, 0.717) is 12.3 Å². The lowest BCUT2D eigenvalue weighted by Gasteiger charge is -2.17. The van der Waals surface area contributed by atoms with Gasteiger partial charge < -0.3 is 14.8 Å². The summed E-state index contributed by atoms with van der Waals surface area (Å²) in [5, 5.41) is 11.8. The number of furan rings is 1. The molecule has 4 heteroatoms. The molecule has 1 unspecified atom stereocenters. The molecule has 0 saturated carbocycles. The molecule has 1 heterocycles. The summed E-state index contributed by atoms with van der Waals surface area (Å²) in [7, 11) is 0. The van der Waals surface area contributed by atoms with Gasteiger partial charge in [-0.15, -0.1) is 0 Å². The van der Waals surface area contributed by atoms with E-state index in [9.17, 15) is 4.79 Å². The fourth-order valence-corrected chi connectivity index (χ4v) is 1.31. The summed E-state index contributed by atoms with van der Waals surface area (Å²) in [6.45, 7) is 4.07. The molecule has 15 heavy (non-hydrogen) atoms. The molecule has 0 aromatic carbocycles. The first-order valence-electron chi connectivity index (χ1n) is 5.06. The minimum atomic E-state index is -0.347. The van der Waals surface area contributed by atoms with Gasteiger partial charge in [0.05, 0.1) is 25.3 Å². The lowest BCUT2D eigenvalue weighted by molar-refractivity contribution is -0.127. The Morgan fingerprint density at radius 1 is 1.60 bits per heavy atom. The van der Waals surface area contributed by atoms with E-state index in [1.54, 1.807) is 18.4 Å². The van der Waals surface area contributed by atoms with Crippen LogP contribution in [-0.2, 0) is 11.3 Å². The van der Waals surface area contributed by atoms with Crippen LogP contribution >= 0.6 is 0 Å². The van der Waals surface area contributed by atoms with Crippen LogP contribution in [0.4, 0.5) is 0 Å². The fraction of sp³-hybridized carbons (Fsp3) is 0.545. The number of aliphatic hydroxyl groups excluding tert-OH is 1. The van der Waals surface area contributed by atoms with Gasteiger partial charge in [0.25, 0.3) is 0 Å². The van der Waals surface area contributed by atoms with Crippen molar-refractivity contribution in [3.63, 3.8) is 0 Å². The van der Waals surface area contributed by atoms with Crippen LogP contribution in [0.1, 0.15) is 19.6 Å². The van der Waals surface area contributed by atoms with Crippen molar-refractivity contribution in [2.24, 2.45) is 11.8 Å².